The van der Waals surface area contributed by atoms with Gasteiger partial charge in [0.2, 0.25) is 5.91 Å². The molecule has 0 radical (unpaired) electrons. The van der Waals surface area contributed by atoms with E-state index >= 15 is 0 Å². The molecule has 2 aliphatic rings. The molecule has 0 atom stereocenters. The van der Waals surface area contributed by atoms with E-state index in [0.717, 1.165) is 76.0 Å². The number of oxazole rings is 1. The largest absolute Gasteiger partial charge is 0.423 e. The second-order valence-electron chi connectivity index (χ2n) is 7.76. The van der Waals surface area contributed by atoms with Crippen LogP contribution in [0.4, 0.5) is 6.01 Å². The zero-order valence-electron chi connectivity index (χ0n) is 17.2. The number of hydrogen-bond donors (Lipinski definition) is 1. The van der Waals surface area contributed by atoms with Crippen molar-refractivity contribution in [1.82, 2.24) is 9.88 Å². The van der Waals surface area contributed by atoms with Crippen molar-refractivity contribution in [3.63, 3.8) is 0 Å². The Morgan fingerprint density at radius 3 is 2.47 bits per heavy atom. The van der Waals surface area contributed by atoms with Crippen LogP contribution in [0.2, 0.25) is 0 Å². The molecular weight excluding hydrogens is 427 g/mol. The Morgan fingerprint density at radius 2 is 1.80 bits per heavy atom. The lowest BCUT2D eigenvalue weighted by Crippen LogP contribution is -2.46. The number of carbonyl (C=O) groups is 1. The van der Waals surface area contributed by atoms with E-state index in [0.29, 0.717) is 18.5 Å². The number of nitrogens with zero attached hydrogens (tertiary/aromatic N) is 3. The number of halogens is 2. The molecule has 3 heterocycles. The third kappa shape index (κ3) is 5.78. The van der Waals surface area contributed by atoms with Gasteiger partial charge in [0.1, 0.15) is 5.52 Å². The van der Waals surface area contributed by atoms with Crippen LogP contribution < -0.4 is 10.6 Å². The van der Waals surface area contributed by atoms with E-state index in [1.54, 1.807) is 0 Å². The number of aromatic nitrogens is 1. The fourth-order valence-electron chi connectivity index (χ4n) is 4.15. The molecule has 168 valence electrons. The van der Waals surface area contributed by atoms with Gasteiger partial charge in [-0.15, -0.1) is 24.8 Å². The van der Waals surface area contributed by atoms with Crippen molar-refractivity contribution in [2.45, 2.75) is 38.2 Å². The molecule has 0 spiro atoms. The number of hydrogen-bond acceptors (Lipinski definition) is 6. The van der Waals surface area contributed by atoms with Crippen molar-refractivity contribution in [1.29, 1.82) is 0 Å². The Balaban J connectivity index is 0.00000160. The van der Waals surface area contributed by atoms with Crippen molar-refractivity contribution < 1.29 is 13.9 Å². The van der Waals surface area contributed by atoms with Gasteiger partial charge in [0.25, 0.3) is 6.01 Å². The minimum Gasteiger partial charge on any atom is -0.423 e. The number of benzene rings is 1. The van der Waals surface area contributed by atoms with Crippen LogP contribution in [-0.2, 0) is 9.53 Å². The third-order valence-electron chi connectivity index (χ3n) is 5.85. The van der Waals surface area contributed by atoms with Crippen molar-refractivity contribution in [3.8, 4) is 0 Å². The Hall–Kier alpha value is -1.54. The van der Waals surface area contributed by atoms with Crippen LogP contribution >= 0.6 is 24.8 Å². The van der Waals surface area contributed by atoms with E-state index in [4.69, 9.17) is 14.9 Å². The molecule has 2 N–H and O–H groups in total. The Kier molecular flexibility index (Phi) is 9.68. The molecule has 2 saturated heterocycles. The molecule has 0 saturated carbocycles. The molecule has 1 aromatic heterocycles. The summed E-state index contributed by atoms with van der Waals surface area (Å²) in [6, 6.07) is 8.48. The quantitative estimate of drug-likeness (QED) is 0.668. The van der Waals surface area contributed by atoms with E-state index in [2.05, 4.69) is 9.88 Å². The Bertz CT molecular complexity index is 754. The molecule has 1 amide bonds. The highest BCUT2D eigenvalue weighted by molar-refractivity contribution is 5.85. The lowest BCUT2D eigenvalue weighted by Gasteiger charge is -2.37. The Labute approximate surface area is 190 Å². The summed E-state index contributed by atoms with van der Waals surface area (Å²) < 4.78 is 11.7. The number of nitrogens with two attached hydrogens (primary N) is 1. The van der Waals surface area contributed by atoms with Crippen LogP contribution in [0.5, 0.6) is 0 Å². The van der Waals surface area contributed by atoms with Gasteiger partial charge < -0.3 is 24.7 Å². The molecule has 0 bridgehead atoms. The van der Waals surface area contributed by atoms with Crippen LogP contribution in [0.1, 0.15) is 32.1 Å². The maximum Gasteiger partial charge on any atom is 0.298 e. The highest BCUT2D eigenvalue weighted by Gasteiger charge is 2.32. The summed E-state index contributed by atoms with van der Waals surface area (Å²) in [4.78, 5) is 21.7. The second-order valence-corrected chi connectivity index (χ2v) is 7.76. The normalized spacial score (nSPS) is 18.2. The molecule has 0 aliphatic carbocycles. The molecule has 1 aromatic carbocycles. The lowest BCUT2D eigenvalue weighted by molar-refractivity contribution is -0.138. The molecule has 30 heavy (non-hydrogen) atoms. The van der Waals surface area contributed by atoms with Crippen LogP contribution in [-0.4, -0.2) is 61.2 Å². The summed E-state index contributed by atoms with van der Waals surface area (Å²) >= 11 is 0. The second kappa shape index (κ2) is 11.7. The number of ether oxygens (including phenoxy) is 1. The van der Waals surface area contributed by atoms with Gasteiger partial charge in [0.15, 0.2) is 5.58 Å². The average Bonchev–Trinajstić information content (AvgIpc) is 3.18. The zero-order valence-corrected chi connectivity index (χ0v) is 18.8. The first-order valence-electron chi connectivity index (χ1n) is 10.5. The lowest BCUT2D eigenvalue weighted by atomic mass is 9.94. The molecule has 7 nitrogen and oxygen atoms in total. The van der Waals surface area contributed by atoms with E-state index in [1.165, 1.54) is 0 Å². The summed E-state index contributed by atoms with van der Waals surface area (Å²) in [5.74, 6) is 0.410. The highest BCUT2D eigenvalue weighted by atomic mass is 35.5. The summed E-state index contributed by atoms with van der Waals surface area (Å²) in [7, 11) is 0. The average molecular weight is 459 g/mol. The molecular formula is C21H32Cl2N4O3. The number of rotatable bonds is 6. The van der Waals surface area contributed by atoms with Gasteiger partial charge in [0, 0.05) is 38.7 Å². The first-order valence-corrected chi connectivity index (χ1v) is 10.5. The molecule has 0 unspecified atom stereocenters. The smallest absolute Gasteiger partial charge is 0.298 e. The van der Waals surface area contributed by atoms with Crippen molar-refractivity contribution >= 4 is 47.8 Å². The summed E-state index contributed by atoms with van der Waals surface area (Å²) in [5.41, 5.74) is 7.20. The number of amides is 1. The number of fused-ring (bicyclic) bond motifs is 1. The van der Waals surface area contributed by atoms with Gasteiger partial charge in [-0.05, 0) is 50.8 Å². The number of likely N-dealkylation sites (tertiary alicyclic amines) is 1. The Morgan fingerprint density at radius 1 is 1.10 bits per heavy atom. The molecule has 2 aromatic rings. The first kappa shape index (κ1) is 24.7. The van der Waals surface area contributed by atoms with E-state index in [-0.39, 0.29) is 36.8 Å². The van der Waals surface area contributed by atoms with Gasteiger partial charge in [-0.3, -0.25) is 4.79 Å². The molecule has 2 fully saturated rings. The van der Waals surface area contributed by atoms with Crippen molar-refractivity contribution in [2.75, 3.05) is 44.2 Å². The van der Waals surface area contributed by atoms with Crippen LogP contribution in [0.15, 0.2) is 28.7 Å². The third-order valence-corrected chi connectivity index (χ3v) is 5.85. The highest BCUT2D eigenvalue weighted by Crippen LogP contribution is 2.28. The van der Waals surface area contributed by atoms with E-state index < -0.39 is 0 Å². The van der Waals surface area contributed by atoms with E-state index in [9.17, 15) is 4.79 Å². The predicted molar refractivity (Wildman–Crippen MR) is 123 cm³/mol. The van der Waals surface area contributed by atoms with Crippen LogP contribution in [0.25, 0.3) is 11.1 Å². The minimum atomic E-state index is 0. The SMILES string of the molecule is Cl.Cl.NCCCOC1CCN(C(=O)C2CCN(c3nc4ccccc4o3)CC2)CC1. The standard InChI is InChI=1S/C21H30N4O3.2ClH/c22-10-3-15-27-17-8-13-24(14-9-17)20(26)16-6-11-25(12-7-16)21-23-18-4-1-2-5-19(18)28-21;;/h1-2,4-5,16-17H,3,6-15,22H2;2*1H. The minimum absolute atomic E-state index is 0. The summed E-state index contributed by atoms with van der Waals surface area (Å²) in [6.07, 6.45) is 4.74. The summed E-state index contributed by atoms with van der Waals surface area (Å²) in [6.45, 7) is 4.61. The van der Waals surface area contributed by atoms with Crippen molar-refractivity contribution in [2.24, 2.45) is 11.7 Å². The maximum absolute atomic E-state index is 12.9. The van der Waals surface area contributed by atoms with Gasteiger partial charge in [-0.25, -0.2) is 0 Å². The zero-order chi connectivity index (χ0) is 19.3. The van der Waals surface area contributed by atoms with Gasteiger partial charge >= 0.3 is 0 Å². The summed E-state index contributed by atoms with van der Waals surface area (Å²) in [5, 5.41) is 0. The van der Waals surface area contributed by atoms with E-state index in [1.807, 2.05) is 29.2 Å². The number of anilines is 1. The maximum atomic E-state index is 12.9. The molecule has 4 rings (SSSR count). The van der Waals surface area contributed by atoms with Gasteiger partial charge in [-0.1, -0.05) is 12.1 Å². The van der Waals surface area contributed by atoms with Gasteiger partial charge in [0.05, 0.1) is 6.10 Å². The topological polar surface area (TPSA) is 84.8 Å². The predicted octanol–water partition coefficient (Wildman–Crippen LogP) is 3.24. The fourth-order valence-corrected chi connectivity index (χ4v) is 4.15. The number of carbonyl (C=O) groups excluding carboxylic acids is 1. The fraction of sp³-hybridized carbons (Fsp3) is 0.619. The van der Waals surface area contributed by atoms with Crippen LogP contribution in [0.3, 0.4) is 0 Å². The number of piperidine rings is 2. The molecule has 2 aliphatic heterocycles. The van der Waals surface area contributed by atoms with Crippen molar-refractivity contribution in [3.05, 3.63) is 24.3 Å². The number of para-hydroxylation sites is 2. The monoisotopic (exact) mass is 458 g/mol. The van der Waals surface area contributed by atoms with Crippen LogP contribution in [0, 0.1) is 5.92 Å². The first-order chi connectivity index (χ1) is 13.7. The molecule has 9 heteroatoms. The van der Waals surface area contributed by atoms with Gasteiger partial charge in [-0.2, -0.15) is 4.98 Å².